The number of hydrogen-bond acceptors (Lipinski definition) is 7. The van der Waals surface area contributed by atoms with Crippen molar-refractivity contribution in [2.45, 2.75) is 13.8 Å². The first kappa shape index (κ1) is 22.8. The maximum atomic E-state index is 12.6. The molecule has 0 aliphatic carbocycles. The van der Waals surface area contributed by atoms with Crippen LogP contribution in [0.15, 0.2) is 36.4 Å². The number of carbonyl (C=O) groups is 2. The Morgan fingerprint density at radius 1 is 1.13 bits per heavy atom. The van der Waals surface area contributed by atoms with Crippen molar-refractivity contribution < 1.29 is 27.7 Å². The standard InChI is InChI=1S/C19H21N3O7S/c1-12-14(19(24)29-3)7-5-8-15(12)20-18(23)11-21(30(4,27)28)16-9-6-10-17(13(16)2)22(25)26/h5-10H,11H2,1-4H3,(H,20,23). The number of sulfonamides is 1. The Hall–Kier alpha value is -3.47. The van der Waals surface area contributed by atoms with Gasteiger partial charge in [0, 0.05) is 11.8 Å². The number of nitro benzene ring substituents is 1. The summed E-state index contributed by atoms with van der Waals surface area (Å²) >= 11 is 0. The molecule has 0 heterocycles. The van der Waals surface area contributed by atoms with E-state index in [0.717, 1.165) is 10.6 Å². The molecule has 2 rings (SSSR count). The summed E-state index contributed by atoms with van der Waals surface area (Å²) in [5.41, 5.74) is 0.904. The van der Waals surface area contributed by atoms with Gasteiger partial charge in [-0.2, -0.15) is 0 Å². The Labute approximate surface area is 173 Å². The Morgan fingerprint density at radius 2 is 1.77 bits per heavy atom. The number of anilines is 2. The van der Waals surface area contributed by atoms with Crippen molar-refractivity contribution in [2.75, 3.05) is 29.5 Å². The number of carbonyl (C=O) groups excluding carboxylic acids is 2. The van der Waals surface area contributed by atoms with Gasteiger partial charge >= 0.3 is 5.97 Å². The van der Waals surface area contributed by atoms with Crippen LogP contribution in [0.1, 0.15) is 21.5 Å². The molecule has 0 saturated carbocycles. The fraction of sp³-hybridized carbons (Fsp3) is 0.263. The molecule has 0 fully saturated rings. The number of nitrogens with one attached hydrogen (secondary N) is 1. The lowest BCUT2D eigenvalue weighted by molar-refractivity contribution is -0.385. The van der Waals surface area contributed by atoms with E-state index in [2.05, 4.69) is 5.32 Å². The van der Waals surface area contributed by atoms with Crippen molar-refractivity contribution in [2.24, 2.45) is 0 Å². The van der Waals surface area contributed by atoms with Gasteiger partial charge in [0.25, 0.3) is 5.69 Å². The Kier molecular flexibility index (Phi) is 6.77. The number of methoxy groups -OCH3 is 1. The Morgan fingerprint density at radius 3 is 2.33 bits per heavy atom. The number of esters is 1. The van der Waals surface area contributed by atoms with Crippen LogP contribution < -0.4 is 9.62 Å². The Bertz CT molecular complexity index is 1110. The highest BCUT2D eigenvalue weighted by atomic mass is 32.2. The quantitative estimate of drug-likeness (QED) is 0.401. The highest BCUT2D eigenvalue weighted by Gasteiger charge is 2.26. The van der Waals surface area contributed by atoms with E-state index in [1.165, 1.54) is 38.3 Å². The van der Waals surface area contributed by atoms with Crippen molar-refractivity contribution >= 4 is 39.0 Å². The summed E-state index contributed by atoms with van der Waals surface area (Å²) in [6, 6.07) is 8.63. The molecular weight excluding hydrogens is 414 g/mol. The van der Waals surface area contributed by atoms with Gasteiger partial charge in [-0.1, -0.05) is 12.1 Å². The van der Waals surface area contributed by atoms with E-state index in [0.29, 0.717) is 11.3 Å². The normalized spacial score (nSPS) is 10.9. The average Bonchev–Trinajstić information content (AvgIpc) is 2.66. The van der Waals surface area contributed by atoms with Crippen molar-refractivity contribution in [3.05, 3.63) is 63.2 Å². The maximum absolute atomic E-state index is 12.6. The van der Waals surface area contributed by atoms with Crippen LogP contribution in [0, 0.1) is 24.0 Å². The zero-order valence-corrected chi connectivity index (χ0v) is 17.6. The van der Waals surface area contributed by atoms with E-state index in [1.54, 1.807) is 19.1 Å². The molecule has 0 radical (unpaired) electrons. The van der Waals surface area contributed by atoms with E-state index in [9.17, 15) is 28.1 Å². The smallest absolute Gasteiger partial charge is 0.338 e. The van der Waals surface area contributed by atoms with Gasteiger partial charge in [-0.05, 0) is 37.6 Å². The average molecular weight is 435 g/mol. The number of nitro groups is 1. The monoisotopic (exact) mass is 435 g/mol. The zero-order valence-electron chi connectivity index (χ0n) is 16.8. The van der Waals surface area contributed by atoms with E-state index in [1.807, 2.05) is 0 Å². The first-order valence-corrected chi connectivity index (χ1v) is 10.5. The highest BCUT2D eigenvalue weighted by molar-refractivity contribution is 7.92. The summed E-state index contributed by atoms with van der Waals surface area (Å²) in [6.07, 6.45) is 0.904. The van der Waals surface area contributed by atoms with Crippen LogP contribution in [0.5, 0.6) is 0 Å². The summed E-state index contributed by atoms with van der Waals surface area (Å²) in [4.78, 5) is 35.0. The molecule has 0 aromatic heterocycles. The predicted molar refractivity (Wildman–Crippen MR) is 111 cm³/mol. The van der Waals surface area contributed by atoms with Crippen LogP contribution in [0.4, 0.5) is 17.1 Å². The molecule has 0 aliphatic rings. The molecule has 11 heteroatoms. The third kappa shape index (κ3) is 4.92. The molecule has 10 nitrogen and oxygen atoms in total. The van der Waals surface area contributed by atoms with Gasteiger partial charge in [-0.3, -0.25) is 19.2 Å². The van der Waals surface area contributed by atoms with Gasteiger partial charge in [0.2, 0.25) is 15.9 Å². The van der Waals surface area contributed by atoms with E-state index < -0.39 is 33.4 Å². The lowest BCUT2D eigenvalue weighted by Crippen LogP contribution is -2.38. The third-order valence-electron chi connectivity index (χ3n) is 4.44. The summed E-state index contributed by atoms with van der Waals surface area (Å²) in [5, 5.41) is 13.8. The minimum Gasteiger partial charge on any atom is -0.465 e. The van der Waals surface area contributed by atoms with Gasteiger partial charge in [-0.15, -0.1) is 0 Å². The van der Waals surface area contributed by atoms with Crippen LogP contribution in [0.25, 0.3) is 0 Å². The van der Waals surface area contributed by atoms with Gasteiger partial charge in [0.1, 0.15) is 6.54 Å². The topological polar surface area (TPSA) is 136 Å². The summed E-state index contributed by atoms with van der Waals surface area (Å²) in [6.45, 7) is 2.41. The molecule has 160 valence electrons. The van der Waals surface area contributed by atoms with Crippen LogP contribution in [-0.2, 0) is 19.6 Å². The first-order valence-electron chi connectivity index (χ1n) is 8.66. The van der Waals surface area contributed by atoms with Gasteiger partial charge in [-0.25, -0.2) is 13.2 Å². The number of hydrogen-bond donors (Lipinski definition) is 1. The predicted octanol–water partition coefficient (Wildman–Crippen LogP) is 2.40. The minimum atomic E-state index is -3.93. The van der Waals surface area contributed by atoms with Crippen molar-refractivity contribution in [3.8, 4) is 0 Å². The summed E-state index contributed by atoms with van der Waals surface area (Å²) in [5.74, 6) is -1.26. The summed E-state index contributed by atoms with van der Waals surface area (Å²) in [7, 11) is -2.70. The first-order chi connectivity index (χ1) is 14.0. The lowest BCUT2D eigenvalue weighted by atomic mass is 10.1. The van der Waals surface area contributed by atoms with Crippen LogP contribution in [0.3, 0.4) is 0 Å². The largest absolute Gasteiger partial charge is 0.465 e. The number of nitrogens with zero attached hydrogens (tertiary/aromatic N) is 2. The van der Waals surface area contributed by atoms with Crippen molar-refractivity contribution in [3.63, 3.8) is 0 Å². The van der Waals surface area contributed by atoms with E-state index in [4.69, 9.17) is 4.74 Å². The molecule has 0 atom stereocenters. The second-order valence-corrected chi connectivity index (χ2v) is 8.37. The Balaban J connectivity index is 2.37. The fourth-order valence-electron chi connectivity index (χ4n) is 2.88. The fourth-order valence-corrected chi connectivity index (χ4v) is 3.79. The zero-order chi connectivity index (χ0) is 22.6. The summed E-state index contributed by atoms with van der Waals surface area (Å²) < 4.78 is 30.1. The molecule has 0 saturated heterocycles. The third-order valence-corrected chi connectivity index (χ3v) is 5.57. The molecule has 2 aromatic carbocycles. The number of amides is 1. The highest BCUT2D eigenvalue weighted by Crippen LogP contribution is 2.30. The molecule has 0 aliphatic heterocycles. The van der Waals surface area contributed by atoms with Crippen molar-refractivity contribution in [1.82, 2.24) is 0 Å². The van der Waals surface area contributed by atoms with Crippen LogP contribution in [-0.4, -0.2) is 45.1 Å². The molecule has 1 amide bonds. The molecule has 30 heavy (non-hydrogen) atoms. The van der Waals surface area contributed by atoms with E-state index in [-0.39, 0.29) is 22.5 Å². The molecule has 0 spiro atoms. The lowest BCUT2D eigenvalue weighted by Gasteiger charge is -2.23. The number of rotatable bonds is 7. The van der Waals surface area contributed by atoms with Crippen molar-refractivity contribution in [1.29, 1.82) is 0 Å². The number of benzene rings is 2. The second kappa shape index (κ2) is 8.91. The SMILES string of the molecule is COC(=O)c1cccc(NC(=O)CN(c2cccc([N+](=O)[O-])c2C)S(C)(=O)=O)c1C. The molecule has 2 aromatic rings. The molecule has 1 N–H and O–H groups in total. The van der Waals surface area contributed by atoms with Crippen LogP contribution >= 0.6 is 0 Å². The van der Waals surface area contributed by atoms with Gasteiger partial charge in [0.15, 0.2) is 0 Å². The number of ether oxygens (including phenoxy) is 1. The van der Waals surface area contributed by atoms with Gasteiger partial charge in [0.05, 0.1) is 35.1 Å². The van der Waals surface area contributed by atoms with E-state index >= 15 is 0 Å². The minimum absolute atomic E-state index is 0.0295. The molecular formula is C19H21N3O7S. The van der Waals surface area contributed by atoms with Gasteiger partial charge < -0.3 is 10.1 Å². The van der Waals surface area contributed by atoms with Crippen LogP contribution in [0.2, 0.25) is 0 Å². The maximum Gasteiger partial charge on any atom is 0.338 e. The second-order valence-electron chi connectivity index (χ2n) is 6.47. The molecule has 0 bridgehead atoms. The molecule has 0 unspecified atom stereocenters.